The van der Waals surface area contributed by atoms with Crippen LogP contribution in [0.3, 0.4) is 0 Å². The minimum Gasteiger partial charge on any atom is -0.382 e. The third-order valence-corrected chi connectivity index (χ3v) is 8.96. The number of phosphoric ester groups is 1. The number of alkyl halides is 2. The summed E-state index contributed by atoms with van der Waals surface area (Å²) >= 11 is 0. The Morgan fingerprint density at radius 3 is 1.98 bits per heavy atom. The van der Waals surface area contributed by atoms with Crippen molar-refractivity contribution < 1.29 is 50.4 Å². The number of hydrogen-bond donors (Lipinski definition) is 3. The Morgan fingerprint density at radius 1 is 0.860 bits per heavy atom. The predicted molar refractivity (Wildman–Crippen MR) is 138 cm³/mol. The maximum absolute atomic E-state index is 15.8. The topological polar surface area (TPSA) is 249 Å². The van der Waals surface area contributed by atoms with Crippen LogP contribution in [-0.4, -0.2) is 93.9 Å². The third-order valence-electron chi connectivity index (χ3n) is 7.11. The van der Waals surface area contributed by atoms with Gasteiger partial charge in [0, 0.05) is 0 Å². The van der Waals surface area contributed by atoms with Crippen molar-refractivity contribution in [2.24, 2.45) is 0 Å². The van der Waals surface area contributed by atoms with Gasteiger partial charge in [-0.05, 0) is 0 Å². The minimum atomic E-state index is -5.04. The Bertz CT molecular complexity index is 1760. The lowest BCUT2D eigenvalue weighted by Crippen LogP contribution is -2.36. The Balaban J connectivity index is 1.14. The smallest absolute Gasteiger partial charge is 0.382 e. The summed E-state index contributed by atoms with van der Waals surface area (Å²) in [7, 11) is -8.52. The van der Waals surface area contributed by atoms with Gasteiger partial charge in [0.2, 0.25) is 0 Å². The van der Waals surface area contributed by atoms with E-state index in [2.05, 4.69) is 29.9 Å². The van der Waals surface area contributed by atoms with Gasteiger partial charge in [0.05, 0.1) is 25.9 Å². The van der Waals surface area contributed by atoms with Crippen LogP contribution in [-0.2, 0) is 36.7 Å². The fourth-order valence-electron chi connectivity index (χ4n) is 5.13. The summed E-state index contributed by atoms with van der Waals surface area (Å²) in [6.07, 6.45) is -8.50. The highest BCUT2D eigenvalue weighted by Crippen LogP contribution is 2.51. The number of nitrogens with two attached hydrogens (primary N) is 2. The Hall–Kier alpha value is -3.26. The highest BCUT2D eigenvalue weighted by atomic mass is 31.2. The normalized spacial score (nSPS) is 37.1. The molecule has 4 aromatic rings. The summed E-state index contributed by atoms with van der Waals surface area (Å²) in [6.45, 7) is -1.42. The molecule has 230 valence electrons. The molecule has 19 nitrogen and oxygen atoms in total. The number of anilines is 2. The van der Waals surface area contributed by atoms with Crippen molar-refractivity contribution in [2.75, 3.05) is 24.7 Å². The molecule has 4 aromatic heterocycles. The van der Waals surface area contributed by atoms with E-state index in [1.54, 1.807) is 0 Å². The summed E-state index contributed by atoms with van der Waals surface area (Å²) in [5.41, 5.74) is 12.2. The fourth-order valence-corrected chi connectivity index (χ4v) is 6.96. The van der Waals surface area contributed by atoms with Crippen molar-refractivity contribution >= 4 is 50.0 Å². The molecule has 3 unspecified atom stereocenters. The van der Waals surface area contributed by atoms with E-state index in [0.29, 0.717) is 0 Å². The molecule has 0 bridgehead atoms. The first kappa shape index (κ1) is 28.5. The summed E-state index contributed by atoms with van der Waals surface area (Å²) < 4.78 is 92.2. The Kier molecular flexibility index (Phi) is 7.11. The SMILES string of the molecule is Nc1ncnc2c1ncn2[C@@H]1O[C@@H]2COP(=O)(O)O[C@@H]3C(CO[PH](=O)O[C@H]2[C@H]1F)O[C@@H](n1cnc2c(N)ncnc21)[C@@H]3F. The molecule has 3 saturated heterocycles. The van der Waals surface area contributed by atoms with Gasteiger partial charge in [-0.25, -0.2) is 43.2 Å². The van der Waals surface area contributed by atoms with E-state index < -0.39 is 78.5 Å². The van der Waals surface area contributed by atoms with Gasteiger partial charge in [0.25, 0.3) is 0 Å². The molecule has 0 radical (unpaired) electrons. The second kappa shape index (κ2) is 10.7. The second-order valence-corrected chi connectivity index (χ2v) is 12.1. The van der Waals surface area contributed by atoms with Crippen LogP contribution in [0.2, 0.25) is 0 Å². The minimum absolute atomic E-state index is 0.0343. The first-order valence-electron chi connectivity index (χ1n) is 12.6. The van der Waals surface area contributed by atoms with Gasteiger partial charge in [-0.1, -0.05) is 0 Å². The van der Waals surface area contributed by atoms with Crippen LogP contribution in [0.15, 0.2) is 25.3 Å². The lowest BCUT2D eigenvalue weighted by molar-refractivity contribution is -0.0600. The molecule has 0 spiro atoms. The lowest BCUT2D eigenvalue weighted by Gasteiger charge is -2.25. The van der Waals surface area contributed by atoms with Crippen LogP contribution >= 0.6 is 16.1 Å². The standard InChI is InChI=1S/C20H22F2N10O9P2/c21-9-13-8(39-19(9)31-5-29-11-15(23)25-3-27-17(11)31)2-37-43(34,35)41-14-7(1-36-42(33)40-13)38-20(10(14)22)32-6-30-12-16(24)26-4-28-18(12)32/h3-10,13-14,19-20,42H,1-2H2,(H,34,35)(H2,23,25,27)(H2,24,26,28)/t7?,8-,9-,10-,13-,14-,19-,20-/m1/s1. The van der Waals surface area contributed by atoms with Crippen molar-refractivity contribution in [2.45, 2.75) is 49.2 Å². The molecule has 0 aliphatic carbocycles. The van der Waals surface area contributed by atoms with Gasteiger partial charge in [-0.2, -0.15) is 0 Å². The number of ether oxygens (including phenoxy) is 2. The zero-order valence-corrected chi connectivity index (χ0v) is 23.4. The molecule has 10 atom stereocenters. The summed E-state index contributed by atoms with van der Waals surface area (Å²) in [5.74, 6) is 0.0758. The Labute approximate surface area is 239 Å². The molecular formula is C20H22F2N10O9P2. The first-order chi connectivity index (χ1) is 20.6. The molecule has 23 heteroatoms. The molecule has 7 rings (SSSR count). The number of imidazole rings is 2. The van der Waals surface area contributed by atoms with Gasteiger partial charge in [-0.3, -0.25) is 22.7 Å². The van der Waals surface area contributed by atoms with Crippen molar-refractivity contribution in [3.05, 3.63) is 25.3 Å². The zero-order valence-electron chi connectivity index (χ0n) is 21.5. The van der Waals surface area contributed by atoms with Crippen LogP contribution in [0, 0.1) is 0 Å². The average molecular weight is 646 g/mol. The van der Waals surface area contributed by atoms with Gasteiger partial charge in [0.15, 0.2) is 47.7 Å². The molecule has 0 saturated carbocycles. The van der Waals surface area contributed by atoms with E-state index in [9.17, 15) is 14.0 Å². The molecule has 5 N–H and O–H groups in total. The van der Waals surface area contributed by atoms with Crippen molar-refractivity contribution in [1.29, 1.82) is 0 Å². The van der Waals surface area contributed by atoms with Gasteiger partial charge >= 0.3 is 16.1 Å². The van der Waals surface area contributed by atoms with E-state index in [1.807, 2.05) is 0 Å². The number of rotatable bonds is 2. The van der Waals surface area contributed by atoms with Crippen molar-refractivity contribution in [3.8, 4) is 0 Å². The van der Waals surface area contributed by atoms with E-state index in [1.165, 1.54) is 21.8 Å². The number of hydrogen-bond acceptors (Lipinski definition) is 16. The number of nitrogen functional groups attached to an aromatic ring is 2. The summed E-state index contributed by atoms with van der Waals surface area (Å²) in [4.78, 5) is 34.4. The average Bonchev–Trinajstić information content (AvgIpc) is 3.73. The number of aromatic nitrogens is 8. The molecule has 3 aliphatic rings. The van der Waals surface area contributed by atoms with E-state index in [0.717, 1.165) is 12.7 Å². The molecule has 3 aliphatic heterocycles. The number of phosphoric acid groups is 1. The van der Waals surface area contributed by atoms with Gasteiger partial charge in [0.1, 0.15) is 48.1 Å². The molecular weight excluding hydrogens is 624 g/mol. The van der Waals surface area contributed by atoms with Crippen LogP contribution < -0.4 is 11.5 Å². The quantitative estimate of drug-likeness (QED) is 0.252. The second-order valence-electron chi connectivity index (χ2n) is 9.66. The van der Waals surface area contributed by atoms with E-state index in [-0.39, 0.29) is 34.0 Å². The predicted octanol–water partition coefficient (Wildman–Crippen LogP) is 0.609. The van der Waals surface area contributed by atoms with Crippen LogP contribution in [0.5, 0.6) is 0 Å². The zero-order chi connectivity index (χ0) is 30.0. The molecule has 0 amide bonds. The van der Waals surface area contributed by atoms with Crippen LogP contribution in [0.4, 0.5) is 20.4 Å². The van der Waals surface area contributed by atoms with Crippen LogP contribution in [0.1, 0.15) is 12.5 Å². The van der Waals surface area contributed by atoms with Gasteiger partial charge in [-0.15, -0.1) is 0 Å². The van der Waals surface area contributed by atoms with Crippen LogP contribution in [0.25, 0.3) is 22.3 Å². The molecule has 7 heterocycles. The van der Waals surface area contributed by atoms with E-state index in [4.69, 9.17) is 39.0 Å². The third kappa shape index (κ3) is 4.95. The van der Waals surface area contributed by atoms with E-state index >= 15 is 8.78 Å². The maximum Gasteiger partial charge on any atom is 0.472 e. The summed E-state index contributed by atoms with van der Waals surface area (Å²) in [5, 5.41) is 0. The van der Waals surface area contributed by atoms with Gasteiger partial charge < -0.3 is 34.9 Å². The molecule has 0 aromatic carbocycles. The molecule has 43 heavy (non-hydrogen) atoms. The van der Waals surface area contributed by atoms with Crippen molar-refractivity contribution in [1.82, 2.24) is 39.0 Å². The number of nitrogens with zero attached hydrogens (tertiary/aromatic N) is 8. The fraction of sp³-hybridized carbons (Fsp3) is 0.500. The monoisotopic (exact) mass is 646 g/mol. The lowest BCUT2D eigenvalue weighted by atomic mass is 10.1. The first-order valence-corrected chi connectivity index (χ1v) is 15.3. The highest BCUT2D eigenvalue weighted by molar-refractivity contribution is 7.47. The number of fused-ring (bicyclic) bond motifs is 4. The van der Waals surface area contributed by atoms with Crippen molar-refractivity contribution in [3.63, 3.8) is 0 Å². The highest BCUT2D eigenvalue weighted by Gasteiger charge is 2.53. The largest absolute Gasteiger partial charge is 0.472 e. The Morgan fingerprint density at radius 2 is 1.40 bits per heavy atom. The molecule has 3 fully saturated rings. The maximum atomic E-state index is 15.8. The summed E-state index contributed by atoms with van der Waals surface area (Å²) in [6, 6.07) is 0. The number of halogens is 2.